The Morgan fingerprint density at radius 1 is 1.21 bits per heavy atom. The first-order valence-corrected chi connectivity index (χ1v) is 9.98. The molecule has 0 spiro atoms. The number of nitrogens with zero attached hydrogens (tertiary/aromatic N) is 1. The molecule has 1 fully saturated rings. The number of carbonyl (C=O) groups excluding carboxylic acids is 2. The highest BCUT2D eigenvalue weighted by Gasteiger charge is 2.31. The lowest BCUT2D eigenvalue weighted by Gasteiger charge is -2.30. The zero-order valence-corrected chi connectivity index (χ0v) is 15.6. The number of primary sulfonamides is 1. The van der Waals surface area contributed by atoms with E-state index in [9.17, 15) is 31.2 Å². The molecule has 1 aliphatic heterocycles. The molecule has 2 rings (SSSR count). The number of rotatable bonds is 6. The molecule has 0 unspecified atom stereocenters. The van der Waals surface area contributed by atoms with E-state index < -0.39 is 34.6 Å². The van der Waals surface area contributed by atoms with Crippen molar-refractivity contribution in [3.05, 3.63) is 24.3 Å². The van der Waals surface area contributed by atoms with Crippen molar-refractivity contribution in [3.8, 4) is 0 Å². The molecule has 28 heavy (non-hydrogen) atoms. The van der Waals surface area contributed by atoms with Crippen molar-refractivity contribution >= 4 is 27.5 Å². The number of sulfonamides is 1. The molecule has 0 aromatic heterocycles. The van der Waals surface area contributed by atoms with Gasteiger partial charge >= 0.3 is 6.18 Å². The summed E-state index contributed by atoms with van der Waals surface area (Å²) in [7, 11) is -3.89. The fraction of sp³-hybridized carbons (Fsp3) is 0.500. The van der Waals surface area contributed by atoms with Crippen LogP contribution < -0.4 is 15.8 Å². The van der Waals surface area contributed by atoms with Gasteiger partial charge in [-0.3, -0.25) is 14.5 Å². The largest absolute Gasteiger partial charge is 0.405 e. The molecule has 4 N–H and O–H groups in total. The van der Waals surface area contributed by atoms with Gasteiger partial charge in [0.15, 0.2) is 0 Å². The second kappa shape index (κ2) is 8.88. The van der Waals surface area contributed by atoms with Gasteiger partial charge in [-0.15, -0.1) is 0 Å². The maximum absolute atomic E-state index is 12.2. The molecule has 1 heterocycles. The minimum Gasteiger partial charge on any atom is -0.347 e. The Morgan fingerprint density at radius 2 is 1.86 bits per heavy atom. The third kappa shape index (κ3) is 7.09. The Labute approximate surface area is 160 Å². The van der Waals surface area contributed by atoms with Crippen molar-refractivity contribution in [2.75, 3.05) is 31.5 Å². The van der Waals surface area contributed by atoms with Gasteiger partial charge in [0.25, 0.3) is 0 Å². The summed E-state index contributed by atoms with van der Waals surface area (Å²) < 4.78 is 59.1. The van der Waals surface area contributed by atoms with Crippen molar-refractivity contribution in [1.82, 2.24) is 10.2 Å². The average Bonchev–Trinajstić information content (AvgIpc) is 2.59. The quantitative estimate of drug-likeness (QED) is 0.622. The van der Waals surface area contributed by atoms with E-state index >= 15 is 0 Å². The minimum atomic E-state index is -4.45. The van der Waals surface area contributed by atoms with E-state index in [4.69, 9.17) is 5.14 Å². The summed E-state index contributed by atoms with van der Waals surface area (Å²) in [4.78, 5) is 25.5. The van der Waals surface area contributed by atoms with E-state index in [1.807, 2.05) is 5.32 Å². The standard InChI is InChI=1S/C16H21F3N4O4S/c17-16(18,19)10-21-15(25)11-4-6-23(7-5-11)9-14(24)22-12-2-1-3-13(8-12)28(20,26)27/h1-3,8,11H,4-7,9-10H2,(H,21,25)(H,22,24)(H2,20,26,27). The Bertz CT molecular complexity index is 821. The first-order chi connectivity index (χ1) is 12.9. The smallest absolute Gasteiger partial charge is 0.347 e. The van der Waals surface area contributed by atoms with Crippen LogP contribution in [-0.2, 0) is 19.6 Å². The molecule has 0 bridgehead atoms. The van der Waals surface area contributed by atoms with Crippen LogP contribution in [0.15, 0.2) is 29.2 Å². The van der Waals surface area contributed by atoms with E-state index in [-0.39, 0.29) is 23.0 Å². The fourth-order valence-electron chi connectivity index (χ4n) is 2.84. The topological polar surface area (TPSA) is 122 Å². The number of hydrogen-bond donors (Lipinski definition) is 3. The molecule has 2 amide bonds. The molecule has 1 aliphatic rings. The number of nitrogens with one attached hydrogen (secondary N) is 2. The summed E-state index contributed by atoms with van der Waals surface area (Å²) in [5, 5.41) is 9.49. The Kier molecular flexibility index (Phi) is 7.01. The van der Waals surface area contributed by atoms with E-state index in [1.165, 1.54) is 24.3 Å². The van der Waals surface area contributed by atoms with Gasteiger partial charge in [0.2, 0.25) is 21.8 Å². The van der Waals surface area contributed by atoms with Crippen LogP contribution in [0.4, 0.5) is 18.9 Å². The molecule has 0 aliphatic carbocycles. The molecule has 8 nitrogen and oxygen atoms in total. The van der Waals surface area contributed by atoms with Crippen LogP contribution in [0.5, 0.6) is 0 Å². The lowest BCUT2D eigenvalue weighted by atomic mass is 9.96. The lowest BCUT2D eigenvalue weighted by Crippen LogP contribution is -2.44. The highest BCUT2D eigenvalue weighted by molar-refractivity contribution is 7.89. The fourth-order valence-corrected chi connectivity index (χ4v) is 3.40. The van der Waals surface area contributed by atoms with E-state index in [1.54, 1.807) is 4.90 Å². The molecule has 156 valence electrons. The number of nitrogens with two attached hydrogens (primary N) is 1. The van der Waals surface area contributed by atoms with Crippen LogP contribution in [0.1, 0.15) is 12.8 Å². The van der Waals surface area contributed by atoms with Crippen LogP contribution in [0, 0.1) is 5.92 Å². The van der Waals surface area contributed by atoms with Crippen LogP contribution in [0.25, 0.3) is 0 Å². The molecule has 0 saturated carbocycles. The van der Waals surface area contributed by atoms with E-state index in [0.717, 1.165) is 0 Å². The SMILES string of the molecule is NS(=O)(=O)c1cccc(NC(=O)CN2CCC(C(=O)NCC(F)(F)F)CC2)c1. The molecule has 1 aromatic carbocycles. The Balaban J connectivity index is 1.80. The normalized spacial score (nSPS) is 16.6. The first-order valence-electron chi connectivity index (χ1n) is 8.43. The molecule has 12 heteroatoms. The number of alkyl halides is 3. The first kappa shape index (κ1) is 22.1. The second-order valence-electron chi connectivity index (χ2n) is 6.50. The van der Waals surface area contributed by atoms with Gasteiger partial charge in [-0.25, -0.2) is 13.6 Å². The summed E-state index contributed by atoms with van der Waals surface area (Å²) in [6, 6.07) is 5.51. The summed E-state index contributed by atoms with van der Waals surface area (Å²) in [6.07, 6.45) is -3.76. The molecule has 0 radical (unpaired) electrons. The monoisotopic (exact) mass is 422 g/mol. The van der Waals surface area contributed by atoms with E-state index in [2.05, 4.69) is 5.32 Å². The number of benzene rings is 1. The number of halogens is 3. The number of piperidine rings is 1. The molecule has 0 atom stereocenters. The van der Waals surface area contributed by atoms with Crippen molar-refractivity contribution in [1.29, 1.82) is 0 Å². The van der Waals surface area contributed by atoms with Crippen molar-refractivity contribution in [2.24, 2.45) is 11.1 Å². The predicted octanol–water partition coefficient (Wildman–Crippen LogP) is 0.663. The summed E-state index contributed by atoms with van der Waals surface area (Å²) in [5.74, 6) is -1.54. The summed E-state index contributed by atoms with van der Waals surface area (Å²) >= 11 is 0. The van der Waals surface area contributed by atoms with Gasteiger partial charge in [0.1, 0.15) is 6.54 Å². The van der Waals surface area contributed by atoms with Gasteiger partial charge in [0.05, 0.1) is 11.4 Å². The average molecular weight is 422 g/mol. The predicted molar refractivity (Wildman–Crippen MR) is 94.7 cm³/mol. The number of hydrogen-bond acceptors (Lipinski definition) is 5. The molecule has 1 saturated heterocycles. The van der Waals surface area contributed by atoms with Gasteiger partial charge < -0.3 is 10.6 Å². The van der Waals surface area contributed by atoms with Crippen LogP contribution in [0.3, 0.4) is 0 Å². The third-order valence-electron chi connectivity index (χ3n) is 4.23. The van der Waals surface area contributed by atoms with Crippen molar-refractivity contribution in [3.63, 3.8) is 0 Å². The third-order valence-corrected chi connectivity index (χ3v) is 5.15. The number of carbonyl (C=O) groups is 2. The second-order valence-corrected chi connectivity index (χ2v) is 8.07. The molecular formula is C16H21F3N4O4S. The summed E-state index contributed by atoms with van der Waals surface area (Å²) in [6.45, 7) is -0.577. The Hall–Kier alpha value is -2.18. The zero-order valence-electron chi connectivity index (χ0n) is 14.8. The maximum atomic E-state index is 12.2. The highest BCUT2D eigenvalue weighted by Crippen LogP contribution is 2.19. The molecular weight excluding hydrogens is 401 g/mol. The molecule has 1 aromatic rings. The zero-order chi connectivity index (χ0) is 20.9. The van der Waals surface area contributed by atoms with Gasteiger partial charge in [-0.2, -0.15) is 13.2 Å². The van der Waals surface area contributed by atoms with Crippen LogP contribution >= 0.6 is 0 Å². The van der Waals surface area contributed by atoms with E-state index in [0.29, 0.717) is 25.9 Å². The number of amides is 2. The maximum Gasteiger partial charge on any atom is 0.405 e. The van der Waals surface area contributed by atoms with Crippen LogP contribution in [-0.4, -0.2) is 57.5 Å². The van der Waals surface area contributed by atoms with Crippen molar-refractivity contribution in [2.45, 2.75) is 23.9 Å². The van der Waals surface area contributed by atoms with Gasteiger partial charge in [-0.05, 0) is 44.1 Å². The van der Waals surface area contributed by atoms with Gasteiger partial charge in [0, 0.05) is 11.6 Å². The summed E-state index contributed by atoms with van der Waals surface area (Å²) in [5.41, 5.74) is 0.276. The number of anilines is 1. The lowest BCUT2D eigenvalue weighted by molar-refractivity contribution is -0.141. The minimum absolute atomic E-state index is 0.0104. The highest BCUT2D eigenvalue weighted by atomic mass is 32.2. The van der Waals surface area contributed by atoms with Crippen molar-refractivity contribution < 1.29 is 31.2 Å². The number of likely N-dealkylation sites (tertiary alicyclic amines) is 1. The van der Waals surface area contributed by atoms with Gasteiger partial charge in [-0.1, -0.05) is 6.07 Å². The Morgan fingerprint density at radius 3 is 2.43 bits per heavy atom. The van der Waals surface area contributed by atoms with Crippen LogP contribution in [0.2, 0.25) is 0 Å².